The van der Waals surface area contributed by atoms with Crippen LogP contribution >= 0.6 is 0 Å². The zero-order chi connectivity index (χ0) is 15.3. The van der Waals surface area contributed by atoms with E-state index in [1.165, 1.54) is 5.56 Å². The number of carbonyl (C=O) groups excluding carboxylic acids is 1. The molecule has 1 aliphatic rings. The molecule has 1 saturated heterocycles. The van der Waals surface area contributed by atoms with Gasteiger partial charge in [0.15, 0.2) is 0 Å². The lowest BCUT2D eigenvalue weighted by molar-refractivity contribution is -0.127. The molecule has 0 aromatic heterocycles. The summed E-state index contributed by atoms with van der Waals surface area (Å²) in [6.07, 6.45) is 4.07. The lowest BCUT2D eigenvalue weighted by Crippen LogP contribution is -2.48. The second-order valence-electron chi connectivity index (χ2n) is 6.54. The van der Waals surface area contributed by atoms with Crippen molar-refractivity contribution in [3.8, 4) is 0 Å². The molecule has 1 aliphatic heterocycles. The minimum atomic E-state index is -0.235. The average Bonchev–Trinajstić information content (AvgIpc) is 2.48. The Bertz CT molecular complexity index is 470. The van der Waals surface area contributed by atoms with Gasteiger partial charge in [-0.1, -0.05) is 39.3 Å². The van der Waals surface area contributed by atoms with Crippen molar-refractivity contribution >= 4 is 11.6 Å². The number of carbonyl (C=O) groups is 1. The molecule has 1 atom stereocenters. The Labute approximate surface area is 128 Å². The Morgan fingerprint density at radius 1 is 1.43 bits per heavy atom. The molecule has 1 aromatic rings. The molecule has 0 aliphatic carbocycles. The van der Waals surface area contributed by atoms with Crippen molar-refractivity contribution < 1.29 is 4.79 Å². The molecule has 1 heterocycles. The van der Waals surface area contributed by atoms with Gasteiger partial charge < -0.3 is 10.6 Å². The number of anilines is 1. The highest BCUT2D eigenvalue weighted by Gasteiger charge is 2.38. The van der Waals surface area contributed by atoms with Gasteiger partial charge >= 0.3 is 0 Å². The molecule has 21 heavy (non-hydrogen) atoms. The quantitative estimate of drug-likeness (QED) is 0.862. The van der Waals surface area contributed by atoms with E-state index in [0.29, 0.717) is 5.92 Å². The largest absolute Gasteiger partial charge is 0.326 e. The van der Waals surface area contributed by atoms with Crippen LogP contribution in [-0.4, -0.2) is 19.0 Å². The highest BCUT2D eigenvalue weighted by molar-refractivity contribution is 5.95. The summed E-state index contributed by atoms with van der Waals surface area (Å²) in [6.45, 7) is 8.33. The minimum Gasteiger partial charge on any atom is -0.326 e. The third kappa shape index (κ3) is 3.85. The standard InChI is InChI=1S/C18H28N2O/c1-4-9-18(10-6-11-19-13-18)17(21)20-16-8-5-7-15(12-16)14(2)3/h5,7-8,12,14,19H,4,6,9-11,13H2,1-3H3,(H,20,21). The number of benzene rings is 1. The predicted octanol–water partition coefficient (Wildman–Crippen LogP) is 3.92. The Kier molecular flexibility index (Phi) is 5.40. The maximum Gasteiger partial charge on any atom is 0.231 e. The molecular formula is C18H28N2O. The first kappa shape index (κ1) is 16.0. The number of rotatable bonds is 5. The van der Waals surface area contributed by atoms with Crippen LogP contribution in [0.5, 0.6) is 0 Å². The van der Waals surface area contributed by atoms with Gasteiger partial charge in [0.25, 0.3) is 0 Å². The first-order valence-electron chi connectivity index (χ1n) is 8.19. The number of piperidine rings is 1. The number of hydrogen-bond acceptors (Lipinski definition) is 2. The molecule has 2 rings (SSSR count). The molecular weight excluding hydrogens is 260 g/mol. The van der Waals surface area contributed by atoms with E-state index in [1.807, 2.05) is 12.1 Å². The fourth-order valence-electron chi connectivity index (χ4n) is 3.21. The van der Waals surface area contributed by atoms with Crippen molar-refractivity contribution in [3.05, 3.63) is 29.8 Å². The van der Waals surface area contributed by atoms with Crippen LogP contribution in [0.25, 0.3) is 0 Å². The lowest BCUT2D eigenvalue weighted by atomic mass is 9.76. The zero-order valence-electron chi connectivity index (χ0n) is 13.5. The van der Waals surface area contributed by atoms with Crippen molar-refractivity contribution in [2.45, 2.75) is 52.4 Å². The molecule has 0 saturated carbocycles. The molecule has 1 unspecified atom stereocenters. The van der Waals surface area contributed by atoms with Crippen molar-refractivity contribution in [1.29, 1.82) is 0 Å². The van der Waals surface area contributed by atoms with Gasteiger partial charge in [0.05, 0.1) is 5.41 Å². The van der Waals surface area contributed by atoms with Crippen LogP contribution in [0.2, 0.25) is 0 Å². The van der Waals surface area contributed by atoms with Crippen molar-refractivity contribution in [2.24, 2.45) is 5.41 Å². The van der Waals surface area contributed by atoms with Gasteiger partial charge in [-0.25, -0.2) is 0 Å². The van der Waals surface area contributed by atoms with E-state index in [9.17, 15) is 4.79 Å². The fourth-order valence-corrected chi connectivity index (χ4v) is 3.21. The maximum atomic E-state index is 12.8. The molecule has 1 amide bonds. The monoisotopic (exact) mass is 288 g/mol. The Balaban J connectivity index is 2.13. The molecule has 116 valence electrons. The smallest absolute Gasteiger partial charge is 0.231 e. The summed E-state index contributed by atoms with van der Waals surface area (Å²) in [6, 6.07) is 8.22. The van der Waals surface area contributed by atoms with Crippen LogP contribution < -0.4 is 10.6 Å². The highest BCUT2D eigenvalue weighted by atomic mass is 16.2. The molecule has 3 nitrogen and oxygen atoms in total. The van der Waals surface area contributed by atoms with E-state index in [4.69, 9.17) is 0 Å². The van der Waals surface area contributed by atoms with E-state index in [1.54, 1.807) is 0 Å². The van der Waals surface area contributed by atoms with Gasteiger partial charge in [-0.05, 0) is 49.4 Å². The van der Waals surface area contributed by atoms with Crippen LogP contribution in [0.1, 0.15) is 57.9 Å². The summed E-state index contributed by atoms with van der Waals surface area (Å²) in [5.74, 6) is 0.653. The van der Waals surface area contributed by atoms with Gasteiger partial charge in [-0.15, -0.1) is 0 Å². The maximum absolute atomic E-state index is 12.8. The molecule has 0 bridgehead atoms. The van der Waals surface area contributed by atoms with Gasteiger partial charge in [0, 0.05) is 12.2 Å². The highest BCUT2D eigenvalue weighted by Crippen LogP contribution is 2.33. The Hall–Kier alpha value is -1.35. The summed E-state index contributed by atoms with van der Waals surface area (Å²) < 4.78 is 0. The molecule has 0 radical (unpaired) electrons. The van der Waals surface area contributed by atoms with Crippen molar-refractivity contribution in [3.63, 3.8) is 0 Å². The van der Waals surface area contributed by atoms with Crippen molar-refractivity contribution in [2.75, 3.05) is 18.4 Å². The van der Waals surface area contributed by atoms with Gasteiger partial charge in [0.2, 0.25) is 5.91 Å². The molecule has 2 N–H and O–H groups in total. The van der Waals surface area contributed by atoms with E-state index in [2.05, 4.69) is 43.5 Å². The van der Waals surface area contributed by atoms with Crippen LogP contribution in [0, 0.1) is 5.41 Å². The van der Waals surface area contributed by atoms with E-state index in [-0.39, 0.29) is 11.3 Å². The van der Waals surface area contributed by atoms with Crippen LogP contribution in [0.4, 0.5) is 5.69 Å². The number of amides is 1. The summed E-state index contributed by atoms with van der Waals surface area (Å²) >= 11 is 0. The summed E-state index contributed by atoms with van der Waals surface area (Å²) in [5.41, 5.74) is 1.95. The summed E-state index contributed by atoms with van der Waals surface area (Å²) in [4.78, 5) is 12.8. The molecule has 3 heteroatoms. The number of hydrogen-bond donors (Lipinski definition) is 2. The van der Waals surface area contributed by atoms with Crippen LogP contribution in [0.3, 0.4) is 0 Å². The summed E-state index contributed by atoms with van der Waals surface area (Å²) in [5, 5.41) is 6.55. The summed E-state index contributed by atoms with van der Waals surface area (Å²) in [7, 11) is 0. The third-order valence-electron chi connectivity index (χ3n) is 4.49. The minimum absolute atomic E-state index is 0.178. The predicted molar refractivity (Wildman–Crippen MR) is 88.6 cm³/mol. The second kappa shape index (κ2) is 7.08. The van der Waals surface area contributed by atoms with Crippen LogP contribution in [0.15, 0.2) is 24.3 Å². The topological polar surface area (TPSA) is 41.1 Å². The normalized spacial score (nSPS) is 22.3. The Morgan fingerprint density at radius 3 is 2.86 bits per heavy atom. The fraction of sp³-hybridized carbons (Fsp3) is 0.611. The Morgan fingerprint density at radius 2 is 2.24 bits per heavy atom. The van der Waals surface area contributed by atoms with E-state index >= 15 is 0 Å². The van der Waals surface area contributed by atoms with Crippen molar-refractivity contribution in [1.82, 2.24) is 5.32 Å². The van der Waals surface area contributed by atoms with Gasteiger partial charge in [-0.2, -0.15) is 0 Å². The van der Waals surface area contributed by atoms with E-state index < -0.39 is 0 Å². The zero-order valence-corrected chi connectivity index (χ0v) is 13.5. The molecule has 1 fully saturated rings. The first-order valence-corrected chi connectivity index (χ1v) is 8.19. The SMILES string of the molecule is CCCC1(C(=O)Nc2cccc(C(C)C)c2)CCCNC1. The van der Waals surface area contributed by atoms with Gasteiger partial charge in [-0.3, -0.25) is 4.79 Å². The first-order chi connectivity index (χ1) is 10.1. The van der Waals surface area contributed by atoms with Gasteiger partial charge in [0.1, 0.15) is 0 Å². The molecule has 1 aromatic carbocycles. The average molecular weight is 288 g/mol. The lowest BCUT2D eigenvalue weighted by Gasteiger charge is -2.36. The number of nitrogens with one attached hydrogen (secondary N) is 2. The molecule has 0 spiro atoms. The van der Waals surface area contributed by atoms with Crippen LogP contribution in [-0.2, 0) is 4.79 Å². The second-order valence-corrected chi connectivity index (χ2v) is 6.54. The third-order valence-corrected chi connectivity index (χ3v) is 4.49. The van der Waals surface area contributed by atoms with E-state index in [0.717, 1.165) is 44.5 Å².